The van der Waals surface area contributed by atoms with Gasteiger partial charge in [-0.15, -0.1) is 0 Å². The van der Waals surface area contributed by atoms with Crippen molar-refractivity contribution in [1.29, 1.82) is 0 Å². The van der Waals surface area contributed by atoms with Gasteiger partial charge in [0.1, 0.15) is 45.9 Å². The van der Waals surface area contributed by atoms with Gasteiger partial charge in [-0.1, -0.05) is 37.3 Å². The Morgan fingerprint density at radius 3 is 1.99 bits per heavy atom. The lowest BCUT2D eigenvalue weighted by Crippen LogP contribution is -2.49. The number of benzene rings is 2. The number of thiazole rings is 1. The molecule has 83 heavy (non-hydrogen) atoms. The van der Waals surface area contributed by atoms with Gasteiger partial charge in [-0.3, -0.25) is 38.9 Å². The second-order valence-electron chi connectivity index (χ2n) is 21.0. The highest BCUT2D eigenvalue weighted by Crippen LogP contribution is 2.33. The van der Waals surface area contributed by atoms with Crippen LogP contribution in [0.3, 0.4) is 0 Å². The fraction of sp³-hybridized carbons (Fsp3) is 0.464. The van der Waals surface area contributed by atoms with Gasteiger partial charge in [0.25, 0.3) is 5.91 Å². The van der Waals surface area contributed by atoms with Gasteiger partial charge >= 0.3 is 23.9 Å². The summed E-state index contributed by atoms with van der Waals surface area (Å²) in [6, 6.07) is 4.74. The van der Waals surface area contributed by atoms with Crippen LogP contribution in [0.25, 0.3) is 21.3 Å². The molecular formula is C56H71N11O15S. The monoisotopic (exact) mass is 1170 g/mol. The minimum atomic E-state index is -1.18. The zero-order chi connectivity index (χ0) is 61.1. The number of hydrogen-bond acceptors (Lipinski definition) is 19. The number of aryl methyl sites for hydroxylation is 4. The van der Waals surface area contributed by atoms with Gasteiger partial charge in [-0.2, -0.15) is 4.99 Å². The molecule has 0 bridgehead atoms. The number of rotatable bonds is 25. The molecule has 26 nitrogen and oxygen atoms in total. The molecule has 0 unspecified atom stereocenters. The van der Waals surface area contributed by atoms with Crippen LogP contribution in [0.1, 0.15) is 153 Å². The number of nitrogens with two attached hydrogens (primary N) is 2. The summed E-state index contributed by atoms with van der Waals surface area (Å²) in [5.74, 6) is -3.71. The number of alkyl carbamates (subject to hydrolysis) is 1. The van der Waals surface area contributed by atoms with Crippen molar-refractivity contribution in [2.75, 3.05) is 25.6 Å². The van der Waals surface area contributed by atoms with Crippen molar-refractivity contribution in [3.63, 3.8) is 0 Å². The Labute approximate surface area is 481 Å². The smallest absolute Gasteiger partial charge is 0.408 e. The summed E-state index contributed by atoms with van der Waals surface area (Å²) in [6.07, 6.45) is 2.31. The number of amides is 6. The zero-order valence-electron chi connectivity index (χ0n) is 48.6. The number of oxazole rings is 2. The van der Waals surface area contributed by atoms with Gasteiger partial charge in [0, 0.05) is 50.9 Å². The Morgan fingerprint density at radius 1 is 0.771 bits per heavy atom. The SMILES string of the molecule is CCc1nc(C)oc1C(=O)N=c1sc2cc(C(N)=O)cc(OC)c2n1C/C=C/Cn1c(NC(=O)c2oc(C)nc2CC)nc2cc(C(N)=O)cc(OCCCC(=O)O[C@@H](C)CNC(=O)[C@H](CCC(=O)OC(C)(C)C)NC(=O)OC(C)(C)C)c21. The Balaban J connectivity index is 1.24. The van der Waals surface area contributed by atoms with Gasteiger partial charge in [0.2, 0.25) is 35.2 Å². The lowest BCUT2D eigenvalue weighted by molar-refractivity contribution is -0.155. The van der Waals surface area contributed by atoms with E-state index in [1.807, 2.05) is 13.8 Å². The molecule has 0 spiro atoms. The standard InChI is InChI=1S/C56H71N11O15S/c1-13-34-45(79-30(4)60-34)50(73)64-52-62-37-24-32(47(57)70)26-39(77-23-17-18-41(68)78-29(3)28-59-49(72)36(63-54(75)82-56(9,10)11)19-20-42(69)81-55(6,7)8)43(37)66(52)21-15-16-22-67-44-38(76-12)25-33(48(58)71)27-40(44)83-53(67)65-51(74)46-35(14-2)61-31(5)80-46/h15-16,24-27,29,36H,13-14,17-23,28H2,1-12H3,(H2,57,70)(H2,58,71)(H,59,72)(H,63,75)(H,62,64,73)/b16-15+,65-53?/t29-,36-/m0/s1. The van der Waals surface area contributed by atoms with Gasteiger partial charge in [-0.05, 0) is 98.4 Å². The molecule has 0 aliphatic rings. The number of imidazole rings is 1. The summed E-state index contributed by atoms with van der Waals surface area (Å²) in [5.41, 5.74) is 11.9. The minimum Gasteiger partial charge on any atom is -0.494 e. The molecule has 2 atom stereocenters. The van der Waals surface area contributed by atoms with Crippen molar-refractivity contribution in [1.82, 2.24) is 34.7 Å². The second kappa shape index (κ2) is 27.3. The van der Waals surface area contributed by atoms with E-state index in [-0.39, 0.29) is 108 Å². The Morgan fingerprint density at radius 2 is 1.37 bits per heavy atom. The third kappa shape index (κ3) is 17.1. The number of esters is 2. The van der Waals surface area contributed by atoms with E-state index in [1.165, 1.54) is 25.3 Å². The predicted molar refractivity (Wildman–Crippen MR) is 303 cm³/mol. The van der Waals surface area contributed by atoms with Crippen LogP contribution in [-0.4, -0.2) is 115 Å². The second-order valence-corrected chi connectivity index (χ2v) is 22.0. The first-order chi connectivity index (χ1) is 39.1. The zero-order valence-corrected chi connectivity index (χ0v) is 49.4. The molecule has 6 aromatic rings. The molecule has 4 aromatic heterocycles. The first kappa shape index (κ1) is 63.3. The van der Waals surface area contributed by atoms with Crippen molar-refractivity contribution < 1.29 is 70.9 Å². The summed E-state index contributed by atoms with van der Waals surface area (Å²) in [7, 11) is 1.43. The van der Waals surface area contributed by atoms with Gasteiger partial charge in [-0.25, -0.2) is 19.7 Å². The average Bonchev–Trinajstić information content (AvgIpc) is 2.61. The van der Waals surface area contributed by atoms with E-state index in [2.05, 4.69) is 30.9 Å². The summed E-state index contributed by atoms with van der Waals surface area (Å²) in [6.45, 7) is 18.4. The molecular weight excluding hydrogens is 1100 g/mol. The fourth-order valence-electron chi connectivity index (χ4n) is 8.37. The van der Waals surface area contributed by atoms with Crippen LogP contribution in [0.5, 0.6) is 11.5 Å². The molecule has 0 radical (unpaired) electrons. The molecule has 7 N–H and O–H groups in total. The van der Waals surface area contributed by atoms with E-state index in [1.54, 1.807) is 89.7 Å². The number of nitrogens with one attached hydrogen (secondary N) is 3. The molecule has 0 fully saturated rings. The van der Waals surface area contributed by atoms with E-state index in [4.69, 9.17) is 49.0 Å². The number of hydrogen-bond donors (Lipinski definition) is 5. The van der Waals surface area contributed by atoms with Crippen LogP contribution in [-0.2, 0) is 54.5 Å². The highest BCUT2D eigenvalue weighted by molar-refractivity contribution is 7.16. The highest BCUT2D eigenvalue weighted by atomic mass is 32.1. The number of nitrogens with zero attached hydrogens (tertiary/aromatic N) is 6. The number of aromatic nitrogens is 5. The number of primary amides is 2. The van der Waals surface area contributed by atoms with Crippen molar-refractivity contribution in [3.8, 4) is 11.5 Å². The third-order valence-corrected chi connectivity index (χ3v) is 13.0. The summed E-state index contributed by atoms with van der Waals surface area (Å²) >= 11 is 1.12. The third-order valence-electron chi connectivity index (χ3n) is 11.9. The molecule has 0 saturated heterocycles. The maximum Gasteiger partial charge on any atom is 0.408 e. The molecule has 0 aliphatic heterocycles. The van der Waals surface area contributed by atoms with Crippen LogP contribution in [0.15, 0.2) is 50.2 Å². The number of fused-ring (bicyclic) bond motifs is 2. The number of allylic oxidation sites excluding steroid dienone is 2. The van der Waals surface area contributed by atoms with Crippen molar-refractivity contribution >= 4 is 86.1 Å². The largest absolute Gasteiger partial charge is 0.494 e. The molecule has 6 amide bonds. The topological polar surface area (TPSA) is 358 Å². The molecule has 0 aliphatic carbocycles. The number of anilines is 1. The minimum absolute atomic E-state index is 0.00492. The van der Waals surface area contributed by atoms with Crippen LogP contribution >= 0.6 is 11.3 Å². The Kier molecular flexibility index (Phi) is 20.8. The van der Waals surface area contributed by atoms with E-state index < -0.39 is 70.9 Å². The lowest BCUT2D eigenvalue weighted by atomic mass is 10.1. The van der Waals surface area contributed by atoms with Crippen molar-refractivity contribution in [2.24, 2.45) is 16.5 Å². The molecule has 27 heteroatoms. The van der Waals surface area contributed by atoms with Crippen LogP contribution < -0.4 is 41.7 Å². The lowest BCUT2D eigenvalue weighted by Gasteiger charge is -2.24. The molecule has 2 aromatic carbocycles. The number of carbonyl (C=O) groups excluding carboxylic acids is 8. The molecule has 446 valence electrons. The molecule has 6 rings (SSSR count). The highest BCUT2D eigenvalue weighted by Gasteiger charge is 2.29. The quantitative estimate of drug-likeness (QED) is 0.0178. The molecule has 4 heterocycles. The van der Waals surface area contributed by atoms with E-state index >= 15 is 0 Å². The van der Waals surface area contributed by atoms with Crippen LogP contribution in [0.4, 0.5) is 10.7 Å². The van der Waals surface area contributed by atoms with E-state index in [9.17, 15) is 38.4 Å². The maximum atomic E-state index is 13.9. The maximum absolute atomic E-state index is 13.9. The van der Waals surface area contributed by atoms with Gasteiger partial charge in [0.15, 0.2) is 16.6 Å². The number of ether oxygens (including phenoxy) is 5. The predicted octanol–water partition coefficient (Wildman–Crippen LogP) is 6.45. The summed E-state index contributed by atoms with van der Waals surface area (Å²) in [4.78, 5) is 122. The normalized spacial score (nSPS) is 12.7. The van der Waals surface area contributed by atoms with E-state index in [0.29, 0.717) is 45.9 Å². The average molecular weight is 1170 g/mol. The number of methoxy groups -OCH3 is 1. The number of carbonyl (C=O) groups is 8. The van der Waals surface area contributed by atoms with Crippen molar-refractivity contribution in [3.05, 3.63) is 87.0 Å². The summed E-state index contributed by atoms with van der Waals surface area (Å²) in [5, 5.41) is 7.98. The van der Waals surface area contributed by atoms with Crippen molar-refractivity contribution in [2.45, 2.75) is 151 Å². The van der Waals surface area contributed by atoms with Crippen LogP contribution in [0.2, 0.25) is 0 Å². The summed E-state index contributed by atoms with van der Waals surface area (Å²) < 4.78 is 43.5. The van der Waals surface area contributed by atoms with E-state index in [0.717, 1.165) is 11.3 Å². The first-order valence-electron chi connectivity index (χ1n) is 26.7. The Bertz CT molecular complexity index is 3530. The first-order valence-corrected chi connectivity index (χ1v) is 27.5. The van der Waals surface area contributed by atoms with Gasteiger partial charge < -0.3 is 63.8 Å². The van der Waals surface area contributed by atoms with Gasteiger partial charge in [0.05, 0.1) is 41.9 Å². The fourth-order valence-corrected chi connectivity index (χ4v) is 9.46. The van der Waals surface area contributed by atoms with Crippen LogP contribution in [0, 0.1) is 13.8 Å². The molecule has 0 saturated carbocycles. The Hall–Kier alpha value is -8.88.